The average molecular weight is 266 g/mol. The SMILES string of the molecule is CC/C=C(\C)C(=O)OC1C[C@@]2(C)C[C@H]1C(C)(C)[C@H]2O. The summed E-state index contributed by atoms with van der Waals surface area (Å²) in [6, 6.07) is 0. The number of carbonyl (C=O) groups is 1. The molecule has 0 aromatic heterocycles. The van der Waals surface area contributed by atoms with Gasteiger partial charge in [0.15, 0.2) is 0 Å². The molecule has 0 aromatic carbocycles. The van der Waals surface area contributed by atoms with Crippen LogP contribution in [0, 0.1) is 16.7 Å². The first kappa shape index (κ1) is 14.6. The van der Waals surface area contributed by atoms with Crippen LogP contribution in [0.15, 0.2) is 11.6 Å². The van der Waals surface area contributed by atoms with E-state index in [4.69, 9.17) is 4.74 Å². The van der Waals surface area contributed by atoms with Crippen LogP contribution in [0.3, 0.4) is 0 Å². The highest BCUT2D eigenvalue weighted by atomic mass is 16.5. The van der Waals surface area contributed by atoms with Crippen molar-refractivity contribution in [3.05, 3.63) is 11.6 Å². The third-order valence-electron chi connectivity index (χ3n) is 5.21. The molecule has 1 unspecified atom stereocenters. The topological polar surface area (TPSA) is 46.5 Å². The Hall–Kier alpha value is -0.830. The Kier molecular flexibility index (Phi) is 3.54. The van der Waals surface area contributed by atoms with Gasteiger partial charge in [-0.1, -0.05) is 33.8 Å². The van der Waals surface area contributed by atoms with Crippen LogP contribution in [0.4, 0.5) is 0 Å². The summed E-state index contributed by atoms with van der Waals surface area (Å²) in [5.41, 5.74) is 0.427. The van der Waals surface area contributed by atoms with E-state index >= 15 is 0 Å². The first-order valence-corrected chi connectivity index (χ1v) is 7.28. The molecule has 0 spiro atoms. The van der Waals surface area contributed by atoms with Crippen LogP contribution in [-0.2, 0) is 9.53 Å². The number of carbonyl (C=O) groups excluding carboxylic acids is 1. The predicted molar refractivity (Wildman–Crippen MR) is 74.5 cm³/mol. The predicted octanol–water partition coefficient (Wildman–Crippen LogP) is 3.07. The minimum Gasteiger partial charge on any atom is -0.459 e. The second-order valence-electron chi connectivity index (χ2n) is 7.13. The zero-order valence-electron chi connectivity index (χ0n) is 12.7. The van der Waals surface area contributed by atoms with E-state index in [1.54, 1.807) is 6.92 Å². The van der Waals surface area contributed by atoms with Crippen molar-refractivity contribution < 1.29 is 14.6 Å². The first-order chi connectivity index (χ1) is 8.72. The Labute approximate surface area is 116 Å². The molecule has 0 aromatic rings. The zero-order valence-corrected chi connectivity index (χ0v) is 12.7. The molecule has 2 rings (SSSR count). The highest BCUT2D eigenvalue weighted by molar-refractivity contribution is 5.87. The van der Waals surface area contributed by atoms with Gasteiger partial charge >= 0.3 is 5.97 Å². The van der Waals surface area contributed by atoms with Crippen LogP contribution >= 0.6 is 0 Å². The summed E-state index contributed by atoms with van der Waals surface area (Å²) >= 11 is 0. The fourth-order valence-corrected chi connectivity index (χ4v) is 4.13. The molecular weight excluding hydrogens is 240 g/mol. The summed E-state index contributed by atoms with van der Waals surface area (Å²) in [5.74, 6) is 0.0687. The molecule has 2 bridgehead atoms. The first-order valence-electron chi connectivity index (χ1n) is 7.28. The quantitative estimate of drug-likeness (QED) is 0.631. The Morgan fingerprint density at radius 2 is 2.00 bits per heavy atom. The van der Waals surface area contributed by atoms with Crippen molar-refractivity contribution >= 4 is 5.97 Å². The Balaban J connectivity index is 2.10. The molecule has 4 atom stereocenters. The number of esters is 1. The highest BCUT2D eigenvalue weighted by Crippen LogP contribution is 2.63. The summed E-state index contributed by atoms with van der Waals surface area (Å²) in [6.07, 6.45) is 4.14. The zero-order chi connectivity index (χ0) is 14.4. The molecule has 3 nitrogen and oxygen atoms in total. The van der Waals surface area contributed by atoms with E-state index < -0.39 is 0 Å². The normalized spacial score (nSPS) is 40.5. The Morgan fingerprint density at radius 3 is 2.47 bits per heavy atom. The molecule has 0 aliphatic heterocycles. The molecule has 2 saturated carbocycles. The van der Waals surface area contributed by atoms with Crippen molar-refractivity contribution in [1.29, 1.82) is 0 Å². The molecule has 1 N–H and O–H groups in total. The lowest BCUT2D eigenvalue weighted by Crippen LogP contribution is -2.46. The van der Waals surface area contributed by atoms with Gasteiger partial charge < -0.3 is 9.84 Å². The Morgan fingerprint density at radius 1 is 1.37 bits per heavy atom. The smallest absolute Gasteiger partial charge is 0.333 e. The van der Waals surface area contributed by atoms with Crippen LogP contribution < -0.4 is 0 Å². The standard InChI is InChI=1S/C16H26O3/c1-6-7-10(2)13(17)19-12-9-16(5)8-11(12)15(3,4)14(16)18/h7,11-12,14,18H,6,8-9H2,1-5H3/b10-7+/t11-,12?,14-,16-/m1/s1. The van der Waals surface area contributed by atoms with Crippen LogP contribution in [0.25, 0.3) is 0 Å². The van der Waals surface area contributed by atoms with Gasteiger partial charge in [-0.3, -0.25) is 0 Å². The molecule has 0 heterocycles. The second kappa shape index (κ2) is 4.62. The highest BCUT2D eigenvalue weighted by Gasteiger charge is 2.64. The lowest BCUT2D eigenvalue weighted by atomic mass is 9.69. The van der Waals surface area contributed by atoms with E-state index in [0.717, 1.165) is 19.3 Å². The molecule has 19 heavy (non-hydrogen) atoms. The third kappa shape index (κ3) is 2.22. The van der Waals surface area contributed by atoms with Gasteiger partial charge in [0.25, 0.3) is 0 Å². The van der Waals surface area contributed by atoms with Gasteiger partial charge in [0.05, 0.1) is 6.10 Å². The maximum Gasteiger partial charge on any atom is 0.333 e. The van der Waals surface area contributed by atoms with Gasteiger partial charge in [-0.05, 0) is 37.0 Å². The van der Waals surface area contributed by atoms with Gasteiger partial charge in [0.1, 0.15) is 6.10 Å². The molecule has 3 heteroatoms. The van der Waals surface area contributed by atoms with E-state index in [-0.39, 0.29) is 34.9 Å². The fourth-order valence-electron chi connectivity index (χ4n) is 4.13. The van der Waals surface area contributed by atoms with Crippen LogP contribution in [0.1, 0.15) is 53.9 Å². The van der Waals surface area contributed by atoms with Gasteiger partial charge in [0, 0.05) is 11.5 Å². The number of allylic oxidation sites excluding steroid dienone is 1. The molecule has 2 aliphatic carbocycles. The number of aliphatic hydroxyl groups excluding tert-OH is 1. The maximum atomic E-state index is 12.0. The van der Waals surface area contributed by atoms with Crippen LogP contribution in [0.2, 0.25) is 0 Å². The summed E-state index contributed by atoms with van der Waals surface area (Å²) in [4.78, 5) is 12.0. The Bertz CT molecular complexity index is 405. The molecule has 0 radical (unpaired) electrons. The van der Waals surface area contributed by atoms with Crippen molar-refractivity contribution in [1.82, 2.24) is 0 Å². The van der Waals surface area contributed by atoms with E-state index in [1.165, 1.54) is 0 Å². The van der Waals surface area contributed by atoms with E-state index in [0.29, 0.717) is 5.57 Å². The molecular formula is C16H26O3. The summed E-state index contributed by atoms with van der Waals surface area (Å²) in [7, 11) is 0. The lowest BCUT2D eigenvalue weighted by molar-refractivity contribution is -0.155. The summed E-state index contributed by atoms with van der Waals surface area (Å²) in [5, 5.41) is 10.4. The van der Waals surface area contributed by atoms with E-state index in [2.05, 4.69) is 20.8 Å². The largest absolute Gasteiger partial charge is 0.459 e. The minimum absolute atomic E-state index is 0.0453. The number of fused-ring (bicyclic) bond motifs is 2. The number of aliphatic hydroxyl groups is 1. The average Bonchev–Trinajstić information content (AvgIpc) is 2.74. The fraction of sp³-hybridized carbons (Fsp3) is 0.812. The second-order valence-corrected chi connectivity index (χ2v) is 7.13. The number of ether oxygens (including phenoxy) is 1. The van der Waals surface area contributed by atoms with Crippen molar-refractivity contribution in [3.8, 4) is 0 Å². The van der Waals surface area contributed by atoms with Crippen molar-refractivity contribution in [2.24, 2.45) is 16.7 Å². The van der Waals surface area contributed by atoms with Crippen molar-refractivity contribution in [2.75, 3.05) is 0 Å². The number of hydrogen-bond donors (Lipinski definition) is 1. The summed E-state index contributed by atoms with van der Waals surface area (Å²) in [6.45, 7) is 10.1. The van der Waals surface area contributed by atoms with Gasteiger partial charge in [0.2, 0.25) is 0 Å². The molecule has 2 aliphatic rings. The number of hydrogen-bond acceptors (Lipinski definition) is 3. The van der Waals surface area contributed by atoms with Gasteiger partial charge in [-0.15, -0.1) is 0 Å². The van der Waals surface area contributed by atoms with Crippen LogP contribution in [0.5, 0.6) is 0 Å². The third-order valence-corrected chi connectivity index (χ3v) is 5.21. The molecule has 108 valence electrons. The van der Waals surface area contributed by atoms with E-state index in [9.17, 15) is 9.90 Å². The minimum atomic E-state index is -0.299. The summed E-state index contributed by atoms with van der Waals surface area (Å²) < 4.78 is 5.69. The van der Waals surface area contributed by atoms with Gasteiger partial charge in [-0.25, -0.2) is 4.79 Å². The van der Waals surface area contributed by atoms with Gasteiger partial charge in [-0.2, -0.15) is 0 Å². The molecule has 0 saturated heterocycles. The maximum absolute atomic E-state index is 12.0. The lowest BCUT2D eigenvalue weighted by Gasteiger charge is -2.42. The van der Waals surface area contributed by atoms with Crippen molar-refractivity contribution in [2.45, 2.75) is 66.1 Å². The van der Waals surface area contributed by atoms with Crippen LogP contribution in [-0.4, -0.2) is 23.3 Å². The monoisotopic (exact) mass is 266 g/mol. The van der Waals surface area contributed by atoms with Crippen molar-refractivity contribution in [3.63, 3.8) is 0 Å². The number of rotatable bonds is 3. The molecule has 0 amide bonds. The molecule has 2 fully saturated rings. The van der Waals surface area contributed by atoms with E-state index in [1.807, 2.05) is 13.0 Å².